The van der Waals surface area contributed by atoms with Crippen molar-refractivity contribution in [2.45, 2.75) is 16.7 Å². The number of aliphatic hydroxyl groups is 1. The number of nitrogens with one attached hydrogen (secondary N) is 1. The number of aromatic amines is 1. The molecule has 0 aliphatic heterocycles. The second kappa shape index (κ2) is 5.97. The van der Waals surface area contributed by atoms with Gasteiger partial charge in [-0.2, -0.15) is 0 Å². The second-order valence-corrected chi connectivity index (χ2v) is 5.90. The van der Waals surface area contributed by atoms with E-state index in [-0.39, 0.29) is 6.61 Å². The fraction of sp³-hybridized carbons (Fsp3) is 0.133. The number of hydrogen-bond acceptors (Lipinski definition) is 4. The van der Waals surface area contributed by atoms with Crippen molar-refractivity contribution in [2.24, 2.45) is 0 Å². The fourth-order valence-electron chi connectivity index (χ4n) is 2.02. The number of H-pyrrole nitrogens is 1. The number of aromatic nitrogens is 2. The Balaban J connectivity index is 1.94. The number of aliphatic hydroxyl groups excluding tert-OH is 1. The summed E-state index contributed by atoms with van der Waals surface area (Å²) in [5, 5.41) is 10.8. The van der Waals surface area contributed by atoms with Crippen molar-refractivity contribution in [3.05, 3.63) is 47.0 Å². The number of ether oxygens (including phenoxy) is 1. The van der Waals surface area contributed by atoms with E-state index in [2.05, 4.69) is 9.97 Å². The predicted octanol–water partition coefficient (Wildman–Crippen LogP) is 3.87. The molecule has 21 heavy (non-hydrogen) atoms. The average molecular weight is 321 g/mol. The van der Waals surface area contributed by atoms with Crippen LogP contribution >= 0.6 is 23.4 Å². The Hall–Kier alpha value is -1.69. The third-order valence-electron chi connectivity index (χ3n) is 3.07. The highest BCUT2D eigenvalue weighted by atomic mass is 35.5. The zero-order chi connectivity index (χ0) is 14.8. The van der Waals surface area contributed by atoms with Crippen molar-refractivity contribution in [1.82, 2.24) is 9.97 Å². The number of benzene rings is 2. The van der Waals surface area contributed by atoms with Gasteiger partial charge in [-0.1, -0.05) is 23.4 Å². The number of methoxy groups -OCH3 is 1. The van der Waals surface area contributed by atoms with E-state index in [1.54, 1.807) is 19.2 Å². The fourth-order valence-corrected chi connectivity index (χ4v) is 3.11. The smallest absolute Gasteiger partial charge is 0.171 e. The quantitative estimate of drug-likeness (QED) is 0.766. The highest BCUT2D eigenvalue weighted by Gasteiger charge is 2.09. The maximum Gasteiger partial charge on any atom is 0.171 e. The van der Waals surface area contributed by atoms with Gasteiger partial charge in [0.15, 0.2) is 5.16 Å². The summed E-state index contributed by atoms with van der Waals surface area (Å²) in [5.74, 6) is 0.783. The number of fused-ring (bicyclic) bond motifs is 1. The Morgan fingerprint density at radius 3 is 2.90 bits per heavy atom. The van der Waals surface area contributed by atoms with Gasteiger partial charge in [0, 0.05) is 16.0 Å². The van der Waals surface area contributed by atoms with Gasteiger partial charge in [0.25, 0.3) is 0 Å². The molecule has 3 aromatic rings. The summed E-state index contributed by atoms with van der Waals surface area (Å²) < 4.78 is 5.20. The van der Waals surface area contributed by atoms with E-state index < -0.39 is 0 Å². The van der Waals surface area contributed by atoms with Crippen LogP contribution in [0.2, 0.25) is 5.02 Å². The molecule has 0 amide bonds. The molecule has 0 radical (unpaired) electrons. The molecule has 0 unspecified atom stereocenters. The molecule has 2 N–H and O–H groups in total. The Labute approximate surface area is 131 Å². The van der Waals surface area contributed by atoms with Crippen LogP contribution in [0.15, 0.2) is 46.5 Å². The molecule has 0 saturated heterocycles. The highest BCUT2D eigenvalue weighted by Crippen LogP contribution is 2.32. The van der Waals surface area contributed by atoms with E-state index >= 15 is 0 Å². The summed E-state index contributed by atoms with van der Waals surface area (Å²) >= 11 is 7.40. The van der Waals surface area contributed by atoms with Crippen LogP contribution in [0.1, 0.15) is 5.56 Å². The molecule has 2 aromatic carbocycles. The van der Waals surface area contributed by atoms with Gasteiger partial charge in [-0.05, 0) is 35.9 Å². The van der Waals surface area contributed by atoms with Crippen LogP contribution in [0, 0.1) is 0 Å². The van der Waals surface area contributed by atoms with E-state index in [0.717, 1.165) is 32.4 Å². The van der Waals surface area contributed by atoms with Crippen LogP contribution in [0.5, 0.6) is 5.75 Å². The molecular formula is C15H13ClN2O2S. The third-order valence-corrected chi connectivity index (χ3v) is 4.31. The van der Waals surface area contributed by atoms with Crippen LogP contribution in [0.25, 0.3) is 11.0 Å². The SMILES string of the molecule is COc1ccc2nc(Sc3ccc(Cl)cc3CO)[nH]c2c1. The number of rotatable bonds is 4. The minimum Gasteiger partial charge on any atom is -0.497 e. The first-order valence-corrected chi connectivity index (χ1v) is 7.50. The molecule has 0 aliphatic rings. The molecule has 0 bridgehead atoms. The molecular weight excluding hydrogens is 308 g/mol. The number of nitrogens with zero attached hydrogens (tertiary/aromatic N) is 1. The zero-order valence-electron chi connectivity index (χ0n) is 11.3. The van der Waals surface area contributed by atoms with E-state index in [1.165, 1.54) is 11.8 Å². The van der Waals surface area contributed by atoms with Crippen molar-refractivity contribution < 1.29 is 9.84 Å². The number of halogens is 1. The van der Waals surface area contributed by atoms with Gasteiger partial charge in [0.05, 0.1) is 24.8 Å². The molecule has 0 atom stereocenters. The van der Waals surface area contributed by atoms with E-state index in [4.69, 9.17) is 16.3 Å². The van der Waals surface area contributed by atoms with Gasteiger partial charge in [0.2, 0.25) is 0 Å². The molecule has 108 valence electrons. The molecule has 1 heterocycles. The van der Waals surface area contributed by atoms with Gasteiger partial charge in [-0.25, -0.2) is 4.98 Å². The van der Waals surface area contributed by atoms with E-state index in [1.807, 2.05) is 24.3 Å². The highest BCUT2D eigenvalue weighted by molar-refractivity contribution is 7.99. The Kier molecular flexibility index (Phi) is 4.05. The summed E-state index contributed by atoms with van der Waals surface area (Å²) in [6, 6.07) is 11.1. The molecule has 3 rings (SSSR count). The lowest BCUT2D eigenvalue weighted by Gasteiger charge is -2.05. The zero-order valence-corrected chi connectivity index (χ0v) is 12.8. The van der Waals surface area contributed by atoms with Crippen LogP contribution in [0.4, 0.5) is 0 Å². The lowest BCUT2D eigenvalue weighted by molar-refractivity contribution is 0.279. The van der Waals surface area contributed by atoms with Crippen molar-refractivity contribution >= 4 is 34.4 Å². The van der Waals surface area contributed by atoms with E-state index in [0.29, 0.717) is 5.02 Å². The normalized spacial score (nSPS) is 11.0. The van der Waals surface area contributed by atoms with Crippen molar-refractivity contribution in [1.29, 1.82) is 0 Å². The topological polar surface area (TPSA) is 58.1 Å². The monoisotopic (exact) mass is 320 g/mol. The molecule has 0 fully saturated rings. The summed E-state index contributed by atoms with van der Waals surface area (Å²) in [6.07, 6.45) is 0. The Morgan fingerprint density at radius 1 is 1.29 bits per heavy atom. The standard InChI is InChI=1S/C15H13ClN2O2S/c1-20-11-3-4-12-13(7-11)18-15(17-12)21-14-5-2-10(16)6-9(14)8-19/h2-7,19H,8H2,1H3,(H,17,18). The Bertz CT molecular complexity index is 788. The van der Waals surface area contributed by atoms with Crippen LogP contribution in [0.3, 0.4) is 0 Å². The van der Waals surface area contributed by atoms with Gasteiger partial charge in [-0.3, -0.25) is 0 Å². The number of imidazole rings is 1. The Morgan fingerprint density at radius 2 is 2.14 bits per heavy atom. The molecule has 0 saturated carbocycles. The van der Waals surface area contributed by atoms with Crippen molar-refractivity contribution in [3.63, 3.8) is 0 Å². The minimum absolute atomic E-state index is 0.0586. The molecule has 4 nitrogen and oxygen atoms in total. The first-order valence-electron chi connectivity index (χ1n) is 6.30. The molecule has 6 heteroatoms. The first kappa shape index (κ1) is 14.3. The summed E-state index contributed by atoms with van der Waals surface area (Å²) in [5.41, 5.74) is 2.57. The van der Waals surface area contributed by atoms with Crippen molar-refractivity contribution in [3.8, 4) is 5.75 Å². The minimum atomic E-state index is -0.0586. The lowest BCUT2D eigenvalue weighted by atomic mass is 10.2. The molecule has 1 aromatic heterocycles. The molecule has 0 spiro atoms. The lowest BCUT2D eigenvalue weighted by Crippen LogP contribution is -1.88. The largest absolute Gasteiger partial charge is 0.497 e. The summed E-state index contributed by atoms with van der Waals surface area (Å²) in [4.78, 5) is 8.68. The van der Waals surface area contributed by atoms with Gasteiger partial charge in [0.1, 0.15) is 5.75 Å². The van der Waals surface area contributed by atoms with Crippen LogP contribution in [-0.4, -0.2) is 22.2 Å². The summed E-state index contributed by atoms with van der Waals surface area (Å²) in [7, 11) is 1.63. The third kappa shape index (κ3) is 3.00. The average Bonchev–Trinajstić information content (AvgIpc) is 2.90. The second-order valence-electron chi connectivity index (χ2n) is 4.44. The summed E-state index contributed by atoms with van der Waals surface area (Å²) in [6.45, 7) is -0.0586. The van der Waals surface area contributed by atoms with Gasteiger partial charge >= 0.3 is 0 Å². The first-order chi connectivity index (χ1) is 10.2. The van der Waals surface area contributed by atoms with Gasteiger partial charge in [-0.15, -0.1) is 0 Å². The maximum atomic E-state index is 9.41. The maximum absolute atomic E-state index is 9.41. The van der Waals surface area contributed by atoms with Crippen LogP contribution in [-0.2, 0) is 6.61 Å². The predicted molar refractivity (Wildman–Crippen MR) is 84.1 cm³/mol. The number of hydrogen-bond donors (Lipinski definition) is 2. The van der Waals surface area contributed by atoms with E-state index in [9.17, 15) is 5.11 Å². The van der Waals surface area contributed by atoms with Crippen LogP contribution < -0.4 is 4.74 Å². The molecule has 0 aliphatic carbocycles. The van der Waals surface area contributed by atoms with Gasteiger partial charge < -0.3 is 14.8 Å². The van der Waals surface area contributed by atoms with Crippen molar-refractivity contribution in [2.75, 3.05) is 7.11 Å².